The molecule has 2 nitrogen and oxygen atoms in total. The number of hydrogen-bond donors (Lipinski definition) is 1. The van der Waals surface area contributed by atoms with Gasteiger partial charge in [0.2, 0.25) is 0 Å². The summed E-state index contributed by atoms with van der Waals surface area (Å²) in [7, 11) is 1.91. The van der Waals surface area contributed by atoms with Crippen molar-refractivity contribution in [1.29, 1.82) is 0 Å². The number of nitrogens with zero attached hydrogens (tertiary/aromatic N) is 1. The highest BCUT2D eigenvalue weighted by atomic mass is 35.5. The number of pyridine rings is 1. The summed E-state index contributed by atoms with van der Waals surface area (Å²) in [5.74, 6) is 0. The maximum Gasteiger partial charge on any atom is 0.0619 e. The Morgan fingerprint density at radius 1 is 1.25 bits per heavy atom. The van der Waals surface area contributed by atoms with Gasteiger partial charge in [0.1, 0.15) is 0 Å². The van der Waals surface area contributed by atoms with Crippen LogP contribution >= 0.6 is 11.6 Å². The van der Waals surface area contributed by atoms with Crippen LogP contribution in [0.2, 0.25) is 5.02 Å². The van der Waals surface area contributed by atoms with E-state index in [1.54, 1.807) is 6.20 Å². The fourth-order valence-electron chi connectivity index (χ4n) is 1.67. The van der Waals surface area contributed by atoms with Crippen LogP contribution in [0.25, 0.3) is 11.1 Å². The lowest BCUT2D eigenvalue weighted by Gasteiger charge is -2.08. The number of rotatable bonds is 3. The van der Waals surface area contributed by atoms with E-state index in [0.29, 0.717) is 0 Å². The van der Waals surface area contributed by atoms with Crippen molar-refractivity contribution in [3.8, 4) is 11.1 Å². The molecule has 82 valence electrons. The molecule has 0 aliphatic carbocycles. The molecule has 2 aromatic rings. The third-order valence-corrected chi connectivity index (χ3v) is 2.61. The van der Waals surface area contributed by atoms with E-state index in [1.165, 1.54) is 0 Å². The lowest BCUT2D eigenvalue weighted by Crippen LogP contribution is -2.08. The van der Waals surface area contributed by atoms with Crippen molar-refractivity contribution in [2.24, 2.45) is 0 Å². The first-order valence-corrected chi connectivity index (χ1v) is 5.53. The molecule has 0 saturated carbocycles. The van der Waals surface area contributed by atoms with Gasteiger partial charge in [0.05, 0.1) is 5.69 Å². The highest BCUT2D eigenvalue weighted by Gasteiger charge is 2.05. The Morgan fingerprint density at radius 3 is 2.88 bits per heavy atom. The van der Waals surface area contributed by atoms with E-state index in [0.717, 1.165) is 28.4 Å². The van der Waals surface area contributed by atoms with Crippen LogP contribution < -0.4 is 5.32 Å². The van der Waals surface area contributed by atoms with E-state index in [1.807, 2.05) is 37.4 Å². The van der Waals surface area contributed by atoms with Gasteiger partial charge in [-0.3, -0.25) is 4.98 Å². The van der Waals surface area contributed by atoms with Gasteiger partial charge in [-0.2, -0.15) is 0 Å². The number of aromatic nitrogens is 1. The third kappa shape index (κ3) is 2.40. The zero-order valence-electron chi connectivity index (χ0n) is 9.07. The maximum atomic E-state index is 5.99. The Labute approximate surface area is 100 Å². The van der Waals surface area contributed by atoms with E-state index in [-0.39, 0.29) is 0 Å². The molecule has 0 atom stereocenters. The molecule has 0 spiro atoms. The van der Waals surface area contributed by atoms with E-state index in [4.69, 9.17) is 11.6 Å². The Kier molecular flexibility index (Phi) is 3.54. The number of hydrogen-bond acceptors (Lipinski definition) is 2. The number of nitrogens with one attached hydrogen (secondary N) is 1. The Bertz CT molecular complexity index is 483. The Hall–Kier alpha value is -1.38. The van der Waals surface area contributed by atoms with Crippen LogP contribution in [0.3, 0.4) is 0 Å². The Morgan fingerprint density at radius 2 is 2.12 bits per heavy atom. The predicted octanol–water partition coefficient (Wildman–Crippen LogP) is 3.12. The first-order chi connectivity index (χ1) is 7.81. The van der Waals surface area contributed by atoms with Gasteiger partial charge in [0.25, 0.3) is 0 Å². The quantitative estimate of drug-likeness (QED) is 0.880. The molecule has 0 aliphatic rings. The minimum Gasteiger partial charge on any atom is -0.314 e. The molecule has 0 fully saturated rings. The van der Waals surface area contributed by atoms with Crippen LogP contribution in [0.15, 0.2) is 42.6 Å². The van der Waals surface area contributed by atoms with E-state index < -0.39 is 0 Å². The average Bonchev–Trinajstić information content (AvgIpc) is 2.30. The average molecular weight is 233 g/mol. The molecule has 0 amide bonds. The highest BCUT2D eigenvalue weighted by Crippen LogP contribution is 2.24. The van der Waals surface area contributed by atoms with Gasteiger partial charge in [0, 0.05) is 23.3 Å². The van der Waals surface area contributed by atoms with Crippen LogP contribution in [0, 0.1) is 0 Å². The number of halogens is 1. The fourth-order valence-corrected chi connectivity index (χ4v) is 1.86. The monoisotopic (exact) mass is 232 g/mol. The first kappa shape index (κ1) is 11.1. The lowest BCUT2D eigenvalue weighted by molar-refractivity contribution is 0.793. The summed E-state index contributed by atoms with van der Waals surface area (Å²) in [6.07, 6.45) is 1.81. The van der Waals surface area contributed by atoms with Gasteiger partial charge in [-0.15, -0.1) is 0 Å². The van der Waals surface area contributed by atoms with E-state index in [2.05, 4.69) is 16.4 Å². The molecule has 0 unspecified atom stereocenters. The van der Waals surface area contributed by atoms with Crippen LogP contribution in [0.4, 0.5) is 0 Å². The molecule has 0 radical (unpaired) electrons. The topological polar surface area (TPSA) is 24.9 Å². The highest BCUT2D eigenvalue weighted by molar-refractivity contribution is 6.30. The van der Waals surface area contributed by atoms with Crippen molar-refractivity contribution in [2.75, 3.05) is 7.05 Å². The van der Waals surface area contributed by atoms with Crippen molar-refractivity contribution in [3.05, 3.63) is 53.3 Å². The minimum atomic E-state index is 0.747. The zero-order valence-corrected chi connectivity index (χ0v) is 9.83. The van der Waals surface area contributed by atoms with Gasteiger partial charge in [-0.1, -0.05) is 29.8 Å². The Balaban J connectivity index is 2.46. The van der Waals surface area contributed by atoms with Gasteiger partial charge in [-0.05, 0) is 30.8 Å². The van der Waals surface area contributed by atoms with Crippen molar-refractivity contribution in [1.82, 2.24) is 10.3 Å². The summed E-state index contributed by atoms with van der Waals surface area (Å²) in [5.41, 5.74) is 3.26. The molecule has 3 heteroatoms. The maximum absolute atomic E-state index is 5.99. The van der Waals surface area contributed by atoms with E-state index >= 15 is 0 Å². The van der Waals surface area contributed by atoms with Crippen molar-refractivity contribution >= 4 is 11.6 Å². The van der Waals surface area contributed by atoms with Crippen LogP contribution in [0.5, 0.6) is 0 Å². The molecule has 1 aromatic heterocycles. The molecule has 1 heterocycles. The molecule has 0 saturated heterocycles. The van der Waals surface area contributed by atoms with Gasteiger partial charge < -0.3 is 5.32 Å². The predicted molar refractivity (Wildman–Crippen MR) is 67.4 cm³/mol. The molecule has 0 aliphatic heterocycles. The van der Waals surface area contributed by atoms with Gasteiger partial charge in [-0.25, -0.2) is 0 Å². The molecule has 1 N–H and O–H groups in total. The SMILES string of the molecule is CNCc1ncccc1-c1cccc(Cl)c1. The summed E-state index contributed by atoms with van der Waals surface area (Å²) < 4.78 is 0. The van der Waals surface area contributed by atoms with Crippen molar-refractivity contribution in [3.63, 3.8) is 0 Å². The van der Waals surface area contributed by atoms with Crippen LogP contribution in [-0.2, 0) is 6.54 Å². The third-order valence-electron chi connectivity index (χ3n) is 2.37. The minimum absolute atomic E-state index is 0.747. The summed E-state index contributed by atoms with van der Waals surface area (Å²) in [5, 5.41) is 3.86. The fraction of sp³-hybridized carbons (Fsp3) is 0.154. The van der Waals surface area contributed by atoms with Crippen LogP contribution in [-0.4, -0.2) is 12.0 Å². The largest absolute Gasteiger partial charge is 0.314 e. The van der Waals surface area contributed by atoms with E-state index in [9.17, 15) is 0 Å². The van der Waals surface area contributed by atoms with Gasteiger partial charge in [0.15, 0.2) is 0 Å². The first-order valence-electron chi connectivity index (χ1n) is 5.15. The summed E-state index contributed by atoms with van der Waals surface area (Å²) in [6, 6.07) is 11.8. The van der Waals surface area contributed by atoms with Gasteiger partial charge >= 0.3 is 0 Å². The van der Waals surface area contributed by atoms with Crippen molar-refractivity contribution < 1.29 is 0 Å². The molecular weight excluding hydrogens is 220 g/mol. The normalized spacial score (nSPS) is 10.4. The molecule has 16 heavy (non-hydrogen) atoms. The molecular formula is C13H13ClN2. The number of benzene rings is 1. The second kappa shape index (κ2) is 5.10. The van der Waals surface area contributed by atoms with Crippen molar-refractivity contribution in [2.45, 2.75) is 6.54 Å². The standard InChI is InChI=1S/C13H13ClN2/c1-15-9-13-12(6-3-7-16-13)10-4-2-5-11(14)8-10/h2-8,15H,9H2,1H3. The van der Waals surface area contributed by atoms with Crippen LogP contribution in [0.1, 0.15) is 5.69 Å². The second-order valence-corrected chi connectivity index (χ2v) is 3.97. The molecule has 0 bridgehead atoms. The second-order valence-electron chi connectivity index (χ2n) is 3.54. The zero-order chi connectivity index (χ0) is 11.4. The smallest absolute Gasteiger partial charge is 0.0619 e. The summed E-state index contributed by atoms with van der Waals surface area (Å²) in [6.45, 7) is 0.753. The molecule has 2 rings (SSSR count). The summed E-state index contributed by atoms with van der Waals surface area (Å²) >= 11 is 5.99. The lowest BCUT2D eigenvalue weighted by atomic mass is 10.0. The molecule has 1 aromatic carbocycles. The summed E-state index contributed by atoms with van der Waals surface area (Å²) in [4.78, 5) is 4.37.